The summed E-state index contributed by atoms with van der Waals surface area (Å²) >= 11 is 0. The number of benzene rings is 1. The smallest absolute Gasteiger partial charge is 0.153 e. The van der Waals surface area contributed by atoms with E-state index in [1.165, 1.54) is 0 Å². The summed E-state index contributed by atoms with van der Waals surface area (Å²) < 4.78 is 48.2. The van der Waals surface area contributed by atoms with Crippen LogP contribution in [0.4, 0.5) is 0 Å². The molecule has 3 saturated heterocycles. The van der Waals surface area contributed by atoms with Crippen LogP contribution < -0.4 is 5.32 Å². The standard InChI is InChI=1S/C15H20N2O4S2/c18-22(19)7-12-14(9-22)17(6-11-4-2-1-3-5-11)15-10-23(20,21)8-13(15)16-12/h1-5,12-16H,6-10H2/t12-,13+,14+,15-. The van der Waals surface area contributed by atoms with Crippen LogP contribution in [0, 0.1) is 0 Å². The van der Waals surface area contributed by atoms with Crippen LogP contribution in [0.2, 0.25) is 0 Å². The van der Waals surface area contributed by atoms with Crippen LogP contribution in [0.25, 0.3) is 0 Å². The predicted molar refractivity (Wildman–Crippen MR) is 87.6 cm³/mol. The Labute approximate surface area is 136 Å². The summed E-state index contributed by atoms with van der Waals surface area (Å²) in [7, 11) is -6.13. The number of fused-ring (bicyclic) bond motifs is 2. The summed E-state index contributed by atoms with van der Waals surface area (Å²) in [5.74, 6) is 0.431. The highest BCUT2D eigenvalue weighted by molar-refractivity contribution is 7.92. The van der Waals surface area contributed by atoms with Gasteiger partial charge in [-0.15, -0.1) is 0 Å². The van der Waals surface area contributed by atoms with E-state index in [-0.39, 0.29) is 47.2 Å². The average Bonchev–Trinajstić information content (AvgIpc) is 2.93. The fourth-order valence-corrected chi connectivity index (χ4v) is 8.07. The summed E-state index contributed by atoms with van der Waals surface area (Å²) in [6, 6.07) is 9.21. The van der Waals surface area contributed by atoms with Gasteiger partial charge < -0.3 is 5.32 Å². The summed E-state index contributed by atoms with van der Waals surface area (Å²) in [5, 5.41) is 3.30. The summed E-state index contributed by atoms with van der Waals surface area (Å²) in [5.41, 5.74) is 1.08. The SMILES string of the molecule is O=S1(=O)C[C@@H]2N[C@@H]3CS(=O)(=O)C[C@@H]3N(Cc3ccccc3)[C@@H]2C1. The molecular weight excluding hydrogens is 336 g/mol. The van der Waals surface area contributed by atoms with Crippen molar-refractivity contribution in [2.75, 3.05) is 23.0 Å². The second kappa shape index (κ2) is 5.27. The molecule has 1 aromatic carbocycles. The van der Waals surface area contributed by atoms with Crippen molar-refractivity contribution in [3.05, 3.63) is 35.9 Å². The first-order valence-electron chi connectivity index (χ1n) is 7.80. The molecule has 3 aliphatic heterocycles. The van der Waals surface area contributed by atoms with Gasteiger partial charge in [0.25, 0.3) is 0 Å². The third-order valence-corrected chi connectivity index (χ3v) is 8.57. The number of hydrogen-bond donors (Lipinski definition) is 1. The first kappa shape index (κ1) is 15.6. The zero-order valence-electron chi connectivity index (χ0n) is 12.6. The zero-order chi connectivity index (χ0) is 16.2. The van der Waals surface area contributed by atoms with E-state index in [0.29, 0.717) is 6.54 Å². The minimum absolute atomic E-state index is 0.103. The molecule has 0 aromatic heterocycles. The van der Waals surface area contributed by atoms with Gasteiger partial charge in [0.1, 0.15) is 0 Å². The van der Waals surface area contributed by atoms with Crippen LogP contribution in [0.5, 0.6) is 0 Å². The van der Waals surface area contributed by atoms with Crippen LogP contribution in [0.15, 0.2) is 30.3 Å². The van der Waals surface area contributed by atoms with E-state index in [2.05, 4.69) is 10.2 Å². The van der Waals surface area contributed by atoms with Gasteiger partial charge >= 0.3 is 0 Å². The van der Waals surface area contributed by atoms with Crippen molar-refractivity contribution < 1.29 is 16.8 Å². The van der Waals surface area contributed by atoms with Crippen LogP contribution in [0.1, 0.15) is 5.56 Å². The molecule has 6 nitrogen and oxygen atoms in total. The minimum Gasteiger partial charge on any atom is -0.306 e. The Hall–Kier alpha value is -0.960. The second-order valence-corrected chi connectivity index (χ2v) is 11.1. The molecule has 8 heteroatoms. The number of piperazine rings is 1. The molecular formula is C15H20N2O4S2. The van der Waals surface area contributed by atoms with E-state index in [1.807, 2.05) is 30.3 Å². The molecule has 3 heterocycles. The van der Waals surface area contributed by atoms with Gasteiger partial charge in [-0.1, -0.05) is 30.3 Å². The molecule has 126 valence electrons. The third-order valence-electron chi connectivity index (χ3n) is 5.13. The Balaban J connectivity index is 1.68. The van der Waals surface area contributed by atoms with Gasteiger partial charge in [-0.25, -0.2) is 16.8 Å². The lowest BCUT2D eigenvalue weighted by Crippen LogP contribution is -2.66. The van der Waals surface area contributed by atoms with E-state index in [9.17, 15) is 16.8 Å². The van der Waals surface area contributed by atoms with Crippen LogP contribution in [-0.4, -0.2) is 68.9 Å². The molecule has 0 saturated carbocycles. The topological polar surface area (TPSA) is 83.5 Å². The average molecular weight is 356 g/mol. The van der Waals surface area contributed by atoms with Crippen LogP contribution >= 0.6 is 0 Å². The molecule has 0 amide bonds. The van der Waals surface area contributed by atoms with E-state index in [4.69, 9.17) is 0 Å². The van der Waals surface area contributed by atoms with Crippen molar-refractivity contribution >= 4 is 19.7 Å². The quantitative estimate of drug-likeness (QED) is 0.764. The second-order valence-electron chi connectivity index (χ2n) is 6.83. The van der Waals surface area contributed by atoms with Gasteiger partial charge in [0, 0.05) is 30.7 Å². The number of sulfone groups is 2. The number of hydrogen-bond acceptors (Lipinski definition) is 6. The largest absolute Gasteiger partial charge is 0.306 e. The van der Waals surface area contributed by atoms with Crippen molar-refractivity contribution in [2.45, 2.75) is 30.7 Å². The lowest BCUT2D eigenvalue weighted by Gasteiger charge is -2.45. The van der Waals surface area contributed by atoms with Crippen molar-refractivity contribution in [2.24, 2.45) is 0 Å². The highest BCUT2D eigenvalue weighted by Crippen LogP contribution is 2.32. The molecule has 4 atom stereocenters. The molecule has 0 unspecified atom stereocenters. The van der Waals surface area contributed by atoms with Crippen molar-refractivity contribution in [1.29, 1.82) is 0 Å². The van der Waals surface area contributed by atoms with Gasteiger partial charge in [-0.05, 0) is 5.56 Å². The van der Waals surface area contributed by atoms with Crippen LogP contribution in [0.3, 0.4) is 0 Å². The van der Waals surface area contributed by atoms with Gasteiger partial charge in [0.2, 0.25) is 0 Å². The van der Waals surface area contributed by atoms with E-state index < -0.39 is 19.7 Å². The normalized spacial score (nSPS) is 38.1. The fourth-order valence-electron chi connectivity index (χ4n) is 4.18. The molecule has 0 aliphatic carbocycles. The monoisotopic (exact) mass is 356 g/mol. The van der Waals surface area contributed by atoms with E-state index in [1.54, 1.807) is 0 Å². The Morgan fingerprint density at radius 2 is 1.39 bits per heavy atom. The van der Waals surface area contributed by atoms with E-state index >= 15 is 0 Å². The predicted octanol–water partition coefficient (Wildman–Crippen LogP) is -0.577. The van der Waals surface area contributed by atoms with Gasteiger partial charge in [0.15, 0.2) is 19.7 Å². The maximum absolute atomic E-state index is 12.1. The first-order chi connectivity index (χ1) is 10.8. The van der Waals surface area contributed by atoms with E-state index in [0.717, 1.165) is 5.56 Å². The molecule has 0 bridgehead atoms. The minimum atomic E-state index is -3.07. The summed E-state index contributed by atoms with van der Waals surface area (Å²) in [6.07, 6.45) is 0. The maximum atomic E-state index is 12.1. The Morgan fingerprint density at radius 3 is 1.91 bits per heavy atom. The number of rotatable bonds is 2. The Bertz CT molecular complexity index is 759. The summed E-state index contributed by atoms with van der Waals surface area (Å²) in [6.45, 7) is 0.593. The molecule has 3 fully saturated rings. The highest BCUT2D eigenvalue weighted by Gasteiger charge is 2.53. The fraction of sp³-hybridized carbons (Fsp3) is 0.600. The lowest BCUT2D eigenvalue weighted by atomic mass is 9.96. The molecule has 3 aliphatic rings. The molecule has 0 radical (unpaired) electrons. The van der Waals surface area contributed by atoms with Gasteiger partial charge in [-0.3, -0.25) is 4.90 Å². The molecule has 0 spiro atoms. The van der Waals surface area contributed by atoms with Crippen molar-refractivity contribution in [1.82, 2.24) is 10.2 Å². The third kappa shape index (κ3) is 2.93. The van der Waals surface area contributed by atoms with Crippen molar-refractivity contribution in [3.8, 4) is 0 Å². The zero-order valence-corrected chi connectivity index (χ0v) is 14.3. The maximum Gasteiger partial charge on any atom is 0.153 e. The molecule has 1 aromatic rings. The highest BCUT2D eigenvalue weighted by atomic mass is 32.2. The molecule has 1 N–H and O–H groups in total. The molecule has 23 heavy (non-hydrogen) atoms. The van der Waals surface area contributed by atoms with Gasteiger partial charge in [0.05, 0.1) is 23.0 Å². The first-order valence-corrected chi connectivity index (χ1v) is 11.4. The Morgan fingerprint density at radius 1 is 0.870 bits per heavy atom. The lowest BCUT2D eigenvalue weighted by molar-refractivity contribution is 0.0678. The van der Waals surface area contributed by atoms with Crippen molar-refractivity contribution in [3.63, 3.8) is 0 Å². The molecule has 4 rings (SSSR count). The number of nitrogens with zero attached hydrogens (tertiary/aromatic N) is 1. The number of nitrogens with one attached hydrogen (secondary N) is 1. The summed E-state index contributed by atoms with van der Waals surface area (Å²) in [4.78, 5) is 2.12. The van der Waals surface area contributed by atoms with Crippen LogP contribution in [-0.2, 0) is 26.2 Å². The Kier molecular flexibility index (Phi) is 3.57. The van der Waals surface area contributed by atoms with Gasteiger partial charge in [-0.2, -0.15) is 0 Å².